The number of hydrogen-bond acceptors (Lipinski definition) is 5. The summed E-state index contributed by atoms with van der Waals surface area (Å²) in [7, 11) is 0.348. The first-order chi connectivity index (χ1) is 7.81. The Hall–Kier alpha value is -0.520. The van der Waals surface area contributed by atoms with E-state index in [1.807, 2.05) is 6.07 Å². The molecular formula is C9H18N2O4S. The lowest BCUT2D eigenvalue weighted by atomic mass is 10.7. The highest BCUT2D eigenvalue weighted by atomic mass is 32.2. The molecule has 0 aliphatic carbocycles. The second-order valence-electron chi connectivity index (χ2n) is 2.76. The number of nitriles is 1. The molecule has 1 unspecified atom stereocenters. The van der Waals surface area contributed by atoms with Crippen molar-refractivity contribution in [3.05, 3.63) is 0 Å². The summed E-state index contributed by atoms with van der Waals surface area (Å²) in [6.45, 7) is 3.07. The van der Waals surface area contributed by atoms with Gasteiger partial charge in [0.15, 0.2) is 0 Å². The molecule has 0 radical (unpaired) electrons. The summed E-state index contributed by atoms with van der Waals surface area (Å²) in [4.78, 5) is 0. The maximum absolute atomic E-state index is 10.9. The van der Waals surface area contributed by atoms with Crippen molar-refractivity contribution in [1.29, 1.82) is 5.26 Å². The van der Waals surface area contributed by atoms with Gasteiger partial charge in [0.05, 0.1) is 39.1 Å². The molecule has 0 saturated carbocycles. The van der Waals surface area contributed by atoms with Crippen LogP contribution in [0.25, 0.3) is 0 Å². The molecule has 0 aliphatic heterocycles. The topological polar surface area (TPSA) is 80.6 Å². The summed E-state index contributed by atoms with van der Waals surface area (Å²) in [6.07, 6.45) is 0. The van der Waals surface area contributed by atoms with Crippen LogP contribution in [0.3, 0.4) is 0 Å². The van der Waals surface area contributed by atoms with Gasteiger partial charge >= 0.3 is 0 Å². The van der Waals surface area contributed by atoms with E-state index in [2.05, 4.69) is 4.72 Å². The van der Waals surface area contributed by atoms with E-state index in [4.69, 9.17) is 19.5 Å². The first-order valence-corrected chi connectivity index (χ1v) is 6.26. The van der Waals surface area contributed by atoms with E-state index in [-0.39, 0.29) is 5.75 Å². The molecule has 94 valence electrons. The third kappa shape index (κ3) is 11.6. The van der Waals surface area contributed by atoms with Gasteiger partial charge in [-0.1, -0.05) is 0 Å². The molecule has 0 bridgehead atoms. The minimum Gasteiger partial charge on any atom is -0.382 e. The van der Waals surface area contributed by atoms with E-state index >= 15 is 0 Å². The van der Waals surface area contributed by atoms with Crippen molar-refractivity contribution in [3.8, 4) is 6.07 Å². The van der Waals surface area contributed by atoms with Crippen LogP contribution in [0.5, 0.6) is 0 Å². The zero-order valence-electron chi connectivity index (χ0n) is 9.44. The van der Waals surface area contributed by atoms with E-state index in [0.29, 0.717) is 39.6 Å². The Morgan fingerprint density at radius 1 is 1.19 bits per heavy atom. The van der Waals surface area contributed by atoms with Gasteiger partial charge in [-0.15, -0.1) is 0 Å². The molecule has 0 rings (SSSR count). The van der Waals surface area contributed by atoms with Gasteiger partial charge in [-0.05, 0) is 0 Å². The average molecular weight is 250 g/mol. The number of hydrogen-bond donors (Lipinski definition) is 1. The van der Waals surface area contributed by atoms with E-state index in [1.165, 1.54) is 0 Å². The molecule has 0 aliphatic rings. The lowest BCUT2D eigenvalue weighted by Crippen LogP contribution is -2.24. The fourth-order valence-electron chi connectivity index (χ4n) is 0.802. The fraction of sp³-hybridized carbons (Fsp3) is 0.889. The average Bonchev–Trinajstić information content (AvgIpc) is 2.27. The van der Waals surface area contributed by atoms with Crippen LogP contribution in [0, 0.1) is 11.3 Å². The Balaban J connectivity index is 3.04. The maximum Gasteiger partial charge on any atom is 0.125 e. The molecule has 0 aromatic heterocycles. The third-order valence-corrected chi connectivity index (χ3v) is 2.43. The number of methoxy groups -OCH3 is 1. The molecule has 6 nitrogen and oxygen atoms in total. The molecular weight excluding hydrogens is 232 g/mol. The van der Waals surface area contributed by atoms with E-state index in [0.717, 1.165) is 0 Å². The standard InChI is InChI=1S/C9H18N2O4S/c1-13-5-6-15-8-7-14-4-3-11-16(12)9-2-10/h11H,3-9H2,1H3. The Morgan fingerprint density at radius 2 is 1.81 bits per heavy atom. The molecule has 0 fully saturated rings. The summed E-state index contributed by atoms with van der Waals surface area (Å²) in [5, 5.41) is 8.24. The summed E-state index contributed by atoms with van der Waals surface area (Å²) in [5.41, 5.74) is 0. The Morgan fingerprint density at radius 3 is 2.44 bits per heavy atom. The predicted octanol–water partition coefficient (Wildman–Crippen LogP) is -0.557. The van der Waals surface area contributed by atoms with Crippen LogP contribution in [0.1, 0.15) is 0 Å². The fourth-order valence-corrected chi connectivity index (χ4v) is 1.33. The van der Waals surface area contributed by atoms with Crippen molar-refractivity contribution in [1.82, 2.24) is 4.72 Å². The van der Waals surface area contributed by atoms with Crippen LogP contribution < -0.4 is 4.72 Å². The van der Waals surface area contributed by atoms with Crippen molar-refractivity contribution in [2.75, 3.05) is 52.4 Å². The third-order valence-electron chi connectivity index (χ3n) is 1.51. The van der Waals surface area contributed by atoms with Gasteiger partial charge in [0.2, 0.25) is 0 Å². The van der Waals surface area contributed by atoms with Crippen LogP contribution >= 0.6 is 0 Å². The van der Waals surface area contributed by atoms with Crippen molar-refractivity contribution < 1.29 is 18.4 Å². The summed E-state index contributed by atoms with van der Waals surface area (Å²) < 4.78 is 28.8. The lowest BCUT2D eigenvalue weighted by Gasteiger charge is -2.05. The number of rotatable bonds is 11. The van der Waals surface area contributed by atoms with Gasteiger partial charge < -0.3 is 14.2 Å². The van der Waals surface area contributed by atoms with Gasteiger partial charge in [0.1, 0.15) is 16.7 Å². The normalized spacial score (nSPS) is 12.2. The van der Waals surface area contributed by atoms with Crippen molar-refractivity contribution in [2.45, 2.75) is 0 Å². The van der Waals surface area contributed by atoms with Crippen LogP contribution in [0.4, 0.5) is 0 Å². The molecule has 1 N–H and O–H groups in total. The first kappa shape index (κ1) is 15.5. The molecule has 0 amide bonds. The van der Waals surface area contributed by atoms with E-state index in [9.17, 15) is 4.21 Å². The second kappa shape index (κ2) is 12.5. The molecule has 16 heavy (non-hydrogen) atoms. The molecule has 0 aromatic rings. The monoisotopic (exact) mass is 250 g/mol. The smallest absolute Gasteiger partial charge is 0.125 e. The Bertz CT molecular complexity index is 220. The zero-order valence-corrected chi connectivity index (χ0v) is 10.3. The number of ether oxygens (including phenoxy) is 3. The largest absolute Gasteiger partial charge is 0.382 e. The van der Waals surface area contributed by atoms with Crippen molar-refractivity contribution in [2.24, 2.45) is 0 Å². The quantitative estimate of drug-likeness (QED) is 0.497. The van der Waals surface area contributed by atoms with Crippen LogP contribution in [-0.4, -0.2) is 56.7 Å². The highest BCUT2D eigenvalue weighted by Crippen LogP contribution is 1.80. The molecule has 0 heterocycles. The van der Waals surface area contributed by atoms with Crippen LogP contribution in [0.2, 0.25) is 0 Å². The zero-order chi connectivity index (χ0) is 12.1. The molecule has 1 atom stereocenters. The summed E-state index contributed by atoms with van der Waals surface area (Å²) in [6, 6.07) is 1.81. The molecule has 0 saturated heterocycles. The van der Waals surface area contributed by atoms with Crippen LogP contribution in [0.15, 0.2) is 0 Å². The lowest BCUT2D eigenvalue weighted by molar-refractivity contribution is 0.0263. The molecule has 0 aromatic carbocycles. The highest BCUT2D eigenvalue weighted by molar-refractivity contribution is 7.83. The minimum absolute atomic E-state index is 0.000128. The summed E-state index contributed by atoms with van der Waals surface area (Å²) in [5.74, 6) is 0.000128. The van der Waals surface area contributed by atoms with Gasteiger partial charge in [0, 0.05) is 13.7 Å². The van der Waals surface area contributed by atoms with Crippen molar-refractivity contribution in [3.63, 3.8) is 0 Å². The minimum atomic E-state index is -1.27. The van der Waals surface area contributed by atoms with E-state index in [1.54, 1.807) is 7.11 Å². The predicted molar refractivity (Wildman–Crippen MR) is 60.1 cm³/mol. The van der Waals surface area contributed by atoms with Gasteiger partial charge in [-0.25, -0.2) is 8.93 Å². The SMILES string of the molecule is COCCOCCOCCNS(=O)CC#N. The Labute approximate surface area is 98.5 Å². The van der Waals surface area contributed by atoms with E-state index < -0.39 is 11.0 Å². The van der Waals surface area contributed by atoms with Gasteiger partial charge in [0.25, 0.3) is 0 Å². The molecule has 7 heteroatoms. The van der Waals surface area contributed by atoms with Gasteiger partial charge in [-0.2, -0.15) is 5.26 Å². The van der Waals surface area contributed by atoms with Crippen molar-refractivity contribution >= 4 is 11.0 Å². The maximum atomic E-state index is 10.9. The summed E-state index contributed by atoms with van der Waals surface area (Å²) >= 11 is 0. The number of nitrogens with zero attached hydrogens (tertiary/aromatic N) is 1. The first-order valence-electron chi connectivity index (χ1n) is 4.94. The number of nitrogens with one attached hydrogen (secondary N) is 1. The molecule has 0 spiro atoms. The second-order valence-corrected chi connectivity index (χ2v) is 4.03. The Kier molecular flexibility index (Phi) is 12.1. The van der Waals surface area contributed by atoms with Gasteiger partial charge in [-0.3, -0.25) is 0 Å². The highest BCUT2D eigenvalue weighted by Gasteiger charge is 1.96. The van der Waals surface area contributed by atoms with Crippen LogP contribution in [-0.2, 0) is 25.2 Å².